The largest absolute Gasteiger partial charge is 0.339 e. The maximum Gasteiger partial charge on any atom is 0.239 e. The molecule has 25 heavy (non-hydrogen) atoms. The maximum absolute atomic E-state index is 12.4. The van der Waals surface area contributed by atoms with Crippen molar-refractivity contribution in [3.05, 3.63) is 30.3 Å². The minimum Gasteiger partial charge on any atom is -0.339 e. The third-order valence-corrected chi connectivity index (χ3v) is 4.65. The Balaban J connectivity index is 0.00000312. The lowest BCUT2D eigenvalue weighted by atomic mass is 9.98. The van der Waals surface area contributed by atoms with Crippen LogP contribution in [0.15, 0.2) is 30.3 Å². The molecule has 1 aromatic carbocycles. The second kappa shape index (κ2) is 10.4. The second-order valence-electron chi connectivity index (χ2n) is 6.43. The molecule has 0 aliphatic carbocycles. The smallest absolute Gasteiger partial charge is 0.239 e. The first-order valence-corrected chi connectivity index (χ1v) is 8.63. The molecule has 0 radical (unpaired) electrons. The first kappa shape index (κ1) is 21.4. The summed E-state index contributed by atoms with van der Waals surface area (Å²) in [5.74, 6) is 0.183. The number of hydrogen-bond donors (Lipinski definition) is 2. The van der Waals surface area contributed by atoms with Crippen LogP contribution in [-0.4, -0.2) is 60.4 Å². The molecule has 0 bridgehead atoms. The molecule has 0 spiro atoms. The average molecular weight is 369 g/mol. The van der Waals surface area contributed by atoms with Gasteiger partial charge in [-0.2, -0.15) is 0 Å². The number of benzene rings is 1. The van der Waals surface area contributed by atoms with Gasteiger partial charge in [0.25, 0.3) is 0 Å². The predicted molar refractivity (Wildman–Crippen MR) is 103 cm³/mol. The molecule has 140 valence electrons. The molecule has 1 aliphatic rings. The zero-order valence-electron chi connectivity index (χ0n) is 15.0. The molecule has 2 atom stereocenters. The van der Waals surface area contributed by atoms with Gasteiger partial charge in [-0.25, -0.2) is 0 Å². The van der Waals surface area contributed by atoms with E-state index in [0.29, 0.717) is 32.7 Å². The molecule has 2 rings (SSSR count). The number of amides is 2. The molecule has 3 N–H and O–H groups in total. The zero-order valence-corrected chi connectivity index (χ0v) is 15.8. The Hall–Kier alpha value is -1.63. The van der Waals surface area contributed by atoms with Crippen LogP contribution in [0.2, 0.25) is 0 Å². The summed E-state index contributed by atoms with van der Waals surface area (Å²) in [4.78, 5) is 28.3. The van der Waals surface area contributed by atoms with Gasteiger partial charge in [-0.3, -0.25) is 14.5 Å². The molecule has 7 heteroatoms. The maximum atomic E-state index is 12.4. The Bertz CT molecular complexity index is 547. The van der Waals surface area contributed by atoms with Crippen molar-refractivity contribution in [1.29, 1.82) is 0 Å². The SMILES string of the molecule is CCC(C)C(N)C(=O)N1CCN(CC(=O)Nc2ccccc2)CC1.Cl. The lowest BCUT2D eigenvalue weighted by molar-refractivity contribution is -0.135. The van der Waals surface area contributed by atoms with Gasteiger partial charge >= 0.3 is 0 Å². The summed E-state index contributed by atoms with van der Waals surface area (Å²) in [6, 6.07) is 9.00. The molecule has 2 unspecified atom stereocenters. The number of nitrogens with two attached hydrogens (primary N) is 1. The molecule has 1 fully saturated rings. The highest BCUT2D eigenvalue weighted by Crippen LogP contribution is 2.11. The highest BCUT2D eigenvalue weighted by molar-refractivity contribution is 5.92. The molecule has 1 aliphatic heterocycles. The van der Waals surface area contributed by atoms with Crippen LogP contribution in [0.5, 0.6) is 0 Å². The monoisotopic (exact) mass is 368 g/mol. The van der Waals surface area contributed by atoms with Gasteiger partial charge < -0.3 is 16.0 Å². The van der Waals surface area contributed by atoms with Crippen LogP contribution in [0.3, 0.4) is 0 Å². The van der Waals surface area contributed by atoms with Gasteiger partial charge in [-0.15, -0.1) is 12.4 Å². The summed E-state index contributed by atoms with van der Waals surface area (Å²) in [7, 11) is 0. The van der Waals surface area contributed by atoms with E-state index in [9.17, 15) is 9.59 Å². The molecule has 6 nitrogen and oxygen atoms in total. The number of carbonyl (C=O) groups excluding carboxylic acids is 2. The third-order valence-electron chi connectivity index (χ3n) is 4.65. The first-order valence-electron chi connectivity index (χ1n) is 8.63. The molecular weight excluding hydrogens is 340 g/mol. The predicted octanol–water partition coefficient (Wildman–Crippen LogP) is 1.56. The highest BCUT2D eigenvalue weighted by Gasteiger charge is 2.28. The van der Waals surface area contributed by atoms with E-state index in [-0.39, 0.29) is 30.1 Å². The Morgan fingerprint density at radius 3 is 2.32 bits per heavy atom. The second-order valence-corrected chi connectivity index (χ2v) is 6.43. The van der Waals surface area contributed by atoms with Crippen molar-refractivity contribution >= 4 is 29.9 Å². The van der Waals surface area contributed by atoms with E-state index in [1.165, 1.54) is 0 Å². The summed E-state index contributed by atoms with van der Waals surface area (Å²) in [5, 5.41) is 2.88. The number of halogens is 1. The number of hydrogen-bond acceptors (Lipinski definition) is 4. The number of carbonyl (C=O) groups is 2. The van der Waals surface area contributed by atoms with Crippen molar-refractivity contribution in [2.75, 3.05) is 38.0 Å². The number of piperazine rings is 1. The van der Waals surface area contributed by atoms with Gasteiger partial charge in [0.2, 0.25) is 11.8 Å². The molecular formula is C18H29ClN4O2. The van der Waals surface area contributed by atoms with Crippen molar-refractivity contribution in [2.24, 2.45) is 11.7 Å². The van der Waals surface area contributed by atoms with Gasteiger partial charge in [-0.05, 0) is 18.1 Å². The quantitative estimate of drug-likeness (QED) is 0.798. The standard InChI is InChI=1S/C18H28N4O2.ClH/c1-3-14(2)17(19)18(24)22-11-9-21(10-12-22)13-16(23)20-15-7-5-4-6-8-15;/h4-8,14,17H,3,9-13,19H2,1-2H3,(H,20,23);1H. The van der Waals surface area contributed by atoms with Crippen molar-refractivity contribution in [3.63, 3.8) is 0 Å². The van der Waals surface area contributed by atoms with Crippen molar-refractivity contribution < 1.29 is 9.59 Å². The van der Waals surface area contributed by atoms with E-state index in [0.717, 1.165) is 12.1 Å². The summed E-state index contributed by atoms with van der Waals surface area (Å²) in [6.07, 6.45) is 0.895. The summed E-state index contributed by atoms with van der Waals surface area (Å²) >= 11 is 0. The molecule has 1 saturated heterocycles. The Labute approximate surface area is 156 Å². The van der Waals surface area contributed by atoms with Crippen molar-refractivity contribution in [3.8, 4) is 0 Å². The summed E-state index contributed by atoms with van der Waals surface area (Å²) in [6.45, 7) is 7.04. The number of nitrogens with zero attached hydrogens (tertiary/aromatic N) is 2. The minimum absolute atomic E-state index is 0. The fourth-order valence-corrected chi connectivity index (χ4v) is 2.76. The number of para-hydroxylation sites is 1. The van der Waals surface area contributed by atoms with Crippen LogP contribution < -0.4 is 11.1 Å². The van der Waals surface area contributed by atoms with Gasteiger partial charge in [0.1, 0.15) is 0 Å². The topological polar surface area (TPSA) is 78.7 Å². The van der Waals surface area contributed by atoms with Crippen LogP contribution in [0, 0.1) is 5.92 Å². The van der Waals surface area contributed by atoms with Gasteiger partial charge in [0.05, 0.1) is 12.6 Å². The number of nitrogens with one attached hydrogen (secondary N) is 1. The third kappa shape index (κ3) is 6.30. The van der Waals surface area contributed by atoms with E-state index in [1.54, 1.807) is 0 Å². The van der Waals surface area contributed by atoms with Crippen LogP contribution in [0.25, 0.3) is 0 Å². The Kier molecular flexibility index (Phi) is 8.89. The summed E-state index contributed by atoms with van der Waals surface area (Å²) < 4.78 is 0. The van der Waals surface area contributed by atoms with Crippen molar-refractivity contribution in [2.45, 2.75) is 26.3 Å². The molecule has 1 heterocycles. The van der Waals surface area contributed by atoms with Gasteiger partial charge in [0, 0.05) is 31.9 Å². The zero-order chi connectivity index (χ0) is 17.5. The summed E-state index contributed by atoms with van der Waals surface area (Å²) in [5.41, 5.74) is 6.84. The van der Waals surface area contributed by atoms with E-state index in [4.69, 9.17) is 5.73 Å². The highest BCUT2D eigenvalue weighted by atomic mass is 35.5. The Morgan fingerprint density at radius 1 is 1.16 bits per heavy atom. The fraction of sp³-hybridized carbons (Fsp3) is 0.556. The molecule has 2 amide bonds. The molecule has 1 aromatic rings. The lowest BCUT2D eigenvalue weighted by Crippen LogP contribution is -2.55. The van der Waals surface area contributed by atoms with Crippen LogP contribution in [0.1, 0.15) is 20.3 Å². The normalized spacial score (nSPS) is 17.3. The van der Waals surface area contributed by atoms with E-state index >= 15 is 0 Å². The van der Waals surface area contributed by atoms with Gasteiger partial charge in [-0.1, -0.05) is 38.5 Å². The van der Waals surface area contributed by atoms with Crippen LogP contribution in [0.4, 0.5) is 5.69 Å². The van der Waals surface area contributed by atoms with E-state index < -0.39 is 6.04 Å². The van der Waals surface area contributed by atoms with Crippen LogP contribution in [-0.2, 0) is 9.59 Å². The average Bonchev–Trinajstić information content (AvgIpc) is 2.61. The Morgan fingerprint density at radius 2 is 1.76 bits per heavy atom. The lowest BCUT2D eigenvalue weighted by Gasteiger charge is -2.36. The van der Waals surface area contributed by atoms with E-state index in [2.05, 4.69) is 10.2 Å². The fourth-order valence-electron chi connectivity index (χ4n) is 2.76. The van der Waals surface area contributed by atoms with Gasteiger partial charge in [0.15, 0.2) is 0 Å². The number of anilines is 1. The van der Waals surface area contributed by atoms with Crippen LogP contribution >= 0.6 is 12.4 Å². The first-order chi connectivity index (χ1) is 11.5. The molecule has 0 aromatic heterocycles. The molecule has 0 saturated carbocycles. The van der Waals surface area contributed by atoms with Crippen molar-refractivity contribution in [1.82, 2.24) is 9.80 Å². The number of rotatable bonds is 6. The minimum atomic E-state index is -0.428. The van der Waals surface area contributed by atoms with E-state index in [1.807, 2.05) is 49.1 Å².